The van der Waals surface area contributed by atoms with Crippen molar-refractivity contribution in [2.24, 2.45) is 0 Å². The Morgan fingerprint density at radius 3 is 2.70 bits per heavy atom. The van der Waals surface area contributed by atoms with E-state index in [0.29, 0.717) is 0 Å². The monoisotopic (exact) mass is 320 g/mol. The molecule has 126 valence electrons. The number of nitrogens with zero attached hydrogens (tertiary/aromatic N) is 1. The van der Waals surface area contributed by atoms with Crippen molar-refractivity contribution in [3.63, 3.8) is 0 Å². The van der Waals surface area contributed by atoms with Crippen LogP contribution >= 0.6 is 0 Å². The van der Waals surface area contributed by atoms with Gasteiger partial charge in [0.1, 0.15) is 6.61 Å². The molecular formula is C17H24N2O4. The summed E-state index contributed by atoms with van der Waals surface area (Å²) >= 11 is 0. The van der Waals surface area contributed by atoms with Gasteiger partial charge in [0, 0.05) is 7.05 Å². The normalized spacial score (nSPS) is 22.1. The van der Waals surface area contributed by atoms with Gasteiger partial charge in [-0.15, -0.1) is 0 Å². The highest BCUT2D eigenvalue weighted by molar-refractivity contribution is 5.86. The summed E-state index contributed by atoms with van der Waals surface area (Å²) < 4.78 is 5.55. The topological polar surface area (TPSA) is 78.9 Å². The predicted octanol–water partition coefficient (Wildman–Crippen LogP) is 0.780. The fourth-order valence-corrected chi connectivity index (χ4v) is 2.67. The third kappa shape index (κ3) is 3.71. The molecule has 1 fully saturated rings. The van der Waals surface area contributed by atoms with E-state index in [1.807, 2.05) is 31.2 Å². The van der Waals surface area contributed by atoms with Crippen molar-refractivity contribution in [3.8, 4) is 0 Å². The van der Waals surface area contributed by atoms with E-state index < -0.39 is 17.7 Å². The van der Waals surface area contributed by atoms with Gasteiger partial charge in [0.05, 0.1) is 18.2 Å². The Balaban J connectivity index is 2.34. The standard InChI is InChI=1S/C17H24N2O4/c1-11-7-5-6-8-12(11)14-15(23-9-13(21)19(14)4)16(22)18-17(2,3)10-20/h5-8,14-15,20H,9-10H2,1-4H3,(H,18,22)/t14-,15+/m1/s1. The Kier molecular flexibility index (Phi) is 5.06. The highest BCUT2D eigenvalue weighted by Gasteiger charge is 2.41. The van der Waals surface area contributed by atoms with Crippen LogP contribution in [-0.4, -0.2) is 53.7 Å². The van der Waals surface area contributed by atoms with Gasteiger partial charge in [0.25, 0.3) is 5.91 Å². The van der Waals surface area contributed by atoms with Gasteiger partial charge in [0.15, 0.2) is 6.10 Å². The van der Waals surface area contributed by atoms with Crippen LogP contribution in [0, 0.1) is 6.92 Å². The van der Waals surface area contributed by atoms with Gasteiger partial charge < -0.3 is 20.1 Å². The zero-order chi connectivity index (χ0) is 17.2. The van der Waals surface area contributed by atoms with Gasteiger partial charge in [-0.1, -0.05) is 24.3 Å². The predicted molar refractivity (Wildman–Crippen MR) is 85.7 cm³/mol. The highest BCUT2D eigenvalue weighted by atomic mass is 16.5. The molecule has 6 heteroatoms. The summed E-state index contributed by atoms with van der Waals surface area (Å²) in [6.07, 6.45) is -0.815. The summed E-state index contributed by atoms with van der Waals surface area (Å²) in [5.74, 6) is -0.500. The zero-order valence-electron chi connectivity index (χ0n) is 14.0. The molecule has 1 aliphatic heterocycles. The molecule has 1 heterocycles. The Morgan fingerprint density at radius 1 is 1.43 bits per heavy atom. The molecule has 0 saturated carbocycles. The molecular weight excluding hydrogens is 296 g/mol. The third-order valence-electron chi connectivity index (χ3n) is 4.11. The molecule has 0 aliphatic carbocycles. The third-order valence-corrected chi connectivity index (χ3v) is 4.11. The molecule has 0 unspecified atom stereocenters. The Labute approximate surface area is 136 Å². The summed E-state index contributed by atoms with van der Waals surface area (Å²) in [6, 6.07) is 7.13. The van der Waals surface area contributed by atoms with Crippen molar-refractivity contribution >= 4 is 11.8 Å². The number of rotatable bonds is 4. The maximum absolute atomic E-state index is 12.6. The van der Waals surface area contributed by atoms with E-state index in [2.05, 4.69) is 5.32 Å². The lowest BCUT2D eigenvalue weighted by Gasteiger charge is -2.40. The minimum absolute atomic E-state index is 0.128. The van der Waals surface area contributed by atoms with Gasteiger partial charge in [-0.25, -0.2) is 0 Å². The number of aliphatic hydroxyl groups excluding tert-OH is 1. The number of amides is 2. The fraction of sp³-hybridized carbons (Fsp3) is 0.529. The number of aliphatic hydroxyl groups is 1. The van der Waals surface area contributed by atoms with Crippen LogP contribution in [0.3, 0.4) is 0 Å². The van der Waals surface area contributed by atoms with E-state index in [9.17, 15) is 14.7 Å². The number of nitrogens with one attached hydrogen (secondary N) is 1. The van der Waals surface area contributed by atoms with E-state index in [-0.39, 0.29) is 25.0 Å². The molecule has 2 amide bonds. The first-order valence-corrected chi connectivity index (χ1v) is 7.62. The second-order valence-electron chi connectivity index (χ2n) is 6.57. The van der Waals surface area contributed by atoms with Crippen molar-refractivity contribution < 1.29 is 19.4 Å². The summed E-state index contributed by atoms with van der Waals surface area (Å²) in [6.45, 7) is 5.08. The van der Waals surface area contributed by atoms with E-state index in [0.717, 1.165) is 11.1 Å². The molecule has 0 aromatic heterocycles. The zero-order valence-corrected chi connectivity index (χ0v) is 14.0. The van der Waals surface area contributed by atoms with Crippen LogP contribution in [-0.2, 0) is 14.3 Å². The molecule has 1 aliphatic rings. The van der Waals surface area contributed by atoms with Crippen molar-refractivity contribution in [1.82, 2.24) is 10.2 Å². The number of hydrogen-bond acceptors (Lipinski definition) is 4. The van der Waals surface area contributed by atoms with E-state index in [4.69, 9.17) is 4.74 Å². The van der Waals surface area contributed by atoms with Crippen molar-refractivity contribution in [2.75, 3.05) is 20.3 Å². The van der Waals surface area contributed by atoms with Gasteiger partial charge in [-0.3, -0.25) is 9.59 Å². The average Bonchev–Trinajstić information content (AvgIpc) is 2.50. The first-order chi connectivity index (χ1) is 10.8. The van der Waals surface area contributed by atoms with Crippen LogP contribution in [0.2, 0.25) is 0 Å². The van der Waals surface area contributed by atoms with E-state index >= 15 is 0 Å². The smallest absolute Gasteiger partial charge is 0.252 e. The largest absolute Gasteiger partial charge is 0.394 e. The molecule has 1 saturated heterocycles. The molecule has 1 aromatic carbocycles. The number of hydrogen-bond donors (Lipinski definition) is 2. The van der Waals surface area contributed by atoms with Crippen LogP contribution in [0.4, 0.5) is 0 Å². The Hall–Kier alpha value is -1.92. The van der Waals surface area contributed by atoms with Crippen molar-refractivity contribution in [2.45, 2.75) is 38.5 Å². The average molecular weight is 320 g/mol. The van der Waals surface area contributed by atoms with Crippen molar-refractivity contribution in [1.29, 1.82) is 0 Å². The van der Waals surface area contributed by atoms with Gasteiger partial charge in [-0.05, 0) is 31.9 Å². The molecule has 2 atom stereocenters. The molecule has 2 rings (SSSR count). The van der Waals surface area contributed by atoms with Gasteiger partial charge in [0.2, 0.25) is 5.91 Å². The maximum atomic E-state index is 12.6. The van der Waals surface area contributed by atoms with Crippen LogP contribution in [0.25, 0.3) is 0 Å². The molecule has 6 nitrogen and oxygen atoms in total. The molecule has 0 bridgehead atoms. The summed E-state index contributed by atoms with van der Waals surface area (Å²) in [7, 11) is 1.68. The SMILES string of the molecule is Cc1ccccc1[C@@H]1[C@@H](C(=O)NC(C)(C)CO)OCC(=O)N1C. The molecule has 0 spiro atoms. The quantitative estimate of drug-likeness (QED) is 0.859. The lowest BCUT2D eigenvalue weighted by Crippen LogP contribution is -2.57. The minimum atomic E-state index is -0.815. The van der Waals surface area contributed by atoms with Crippen LogP contribution in [0.5, 0.6) is 0 Å². The Morgan fingerprint density at radius 2 is 2.09 bits per heavy atom. The first-order valence-electron chi connectivity index (χ1n) is 7.62. The summed E-state index contributed by atoms with van der Waals surface area (Å²) in [4.78, 5) is 26.2. The molecule has 1 aromatic rings. The fourth-order valence-electron chi connectivity index (χ4n) is 2.67. The summed E-state index contributed by atoms with van der Waals surface area (Å²) in [5, 5.41) is 12.1. The number of aryl methyl sites for hydroxylation is 1. The highest BCUT2D eigenvalue weighted by Crippen LogP contribution is 2.31. The van der Waals surface area contributed by atoms with E-state index in [1.165, 1.54) is 0 Å². The second kappa shape index (κ2) is 6.68. The van der Waals surface area contributed by atoms with Crippen LogP contribution < -0.4 is 5.32 Å². The number of ether oxygens (including phenoxy) is 1. The van der Waals surface area contributed by atoms with Crippen molar-refractivity contribution in [3.05, 3.63) is 35.4 Å². The van der Waals surface area contributed by atoms with Gasteiger partial charge in [-0.2, -0.15) is 0 Å². The number of carbonyl (C=O) groups is 2. The van der Waals surface area contributed by atoms with Crippen LogP contribution in [0.1, 0.15) is 31.0 Å². The Bertz CT molecular complexity index is 600. The number of morpholine rings is 1. The van der Waals surface area contributed by atoms with E-state index in [1.54, 1.807) is 25.8 Å². The lowest BCUT2D eigenvalue weighted by atomic mass is 9.93. The first kappa shape index (κ1) is 17.4. The number of carbonyl (C=O) groups excluding carboxylic acids is 2. The summed E-state index contributed by atoms with van der Waals surface area (Å²) in [5.41, 5.74) is 1.11. The van der Waals surface area contributed by atoms with Gasteiger partial charge >= 0.3 is 0 Å². The number of benzene rings is 1. The lowest BCUT2D eigenvalue weighted by molar-refractivity contribution is -0.163. The number of likely N-dealkylation sites (N-methyl/N-ethyl adjacent to an activating group) is 1. The second-order valence-corrected chi connectivity index (χ2v) is 6.57. The molecule has 0 radical (unpaired) electrons. The van der Waals surface area contributed by atoms with Crippen LogP contribution in [0.15, 0.2) is 24.3 Å². The maximum Gasteiger partial charge on any atom is 0.252 e. The molecule has 2 N–H and O–H groups in total. The minimum Gasteiger partial charge on any atom is -0.394 e. The molecule has 23 heavy (non-hydrogen) atoms.